The fourth-order valence-corrected chi connectivity index (χ4v) is 3.37. The van der Waals surface area contributed by atoms with Crippen LogP contribution in [0.3, 0.4) is 0 Å². The van der Waals surface area contributed by atoms with E-state index in [0.29, 0.717) is 9.99 Å². The van der Waals surface area contributed by atoms with Crippen molar-refractivity contribution in [2.24, 2.45) is 0 Å². The molecule has 5 nitrogen and oxygen atoms in total. The van der Waals surface area contributed by atoms with Gasteiger partial charge in [0.05, 0.1) is 0 Å². The molecule has 96 valence electrons. The van der Waals surface area contributed by atoms with Gasteiger partial charge in [0.25, 0.3) is 4.96 Å². The Morgan fingerprint density at radius 2 is 2.11 bits per heavy atom. The van der Waals surface area contributed by atoms with Crippen LogP contribution < -0.4 is 0 Å². The summed E-state index contributed by atoms with van der Waals surface area (Å²) in [4.78, 5) is 16.7. The molecule has 0 atom stereocenters. The van der Waals surface area contributed by atoms with Gasteiger partial charge in [-0.3, -0.25) is 0 Å². The van der Waals surface area contributed by atoms with Gasteiger partial charge in [-0.15, -0.1) is 0 Å². The maximum atomic E-state index is 11.2. The molecule has 0 saturated heterocycles. The van der Waals surface area contributed by atoms with E-state index in [1.165, 1.54) is 27.5 Å². The Bertz CT molecular complexity index is 746. The van der Waals surface area contributed by atoms with Crippen LogP contribution in [0.2, 0.25) is 0 Å². The highest BCUT2D eigenvalue weighted by atomic mass is 32.2. The molecule has 0 aliphatic carbocycles. The molecule has 0 N–H and O–H groups in total. The molecule has 0 aliphatic heterocycles. The van der Waals surface area contributed by atoms with Crippen LogP contribution in [-0.4, -0.2) is 14.3 Å². The zero-order chi connectivity index (χ0) is 13.4. The van der Waals surface area contributed by atoms with Crippen LogP contribution in [0.25, 0.3) is 4.96 Å². The predicted molar refractivity (Wildman–Crippen MR) is 75.0 cm³/mol. The molecule has 0 saturated carbocycles. The van der Waals surface area contributed by atoms with Crippen molar-refractivity contribution >= 4 is 33.9 Å². The summed E-state index contributed by atoms with van der Waals surface area (Å²) in [5, 5.41) is 13.4. The maximum Gasteiger partial charge on any atom is 0.363 e. The van der Waals surface area contributed by atoms with E-state index in [9.17, 15) is 10.1 Å². The second-order valence-electron chi connectivity index (χ2n) is 3.97. The zero-order valence-corrected chi connectivity index (χ0v) is 11.6. The number of thiazole rings is 1. The number of aromatic nitrogens is 2. The van der Waals surface area contributed by atoms with Crippen LogP contribution in [0.15, 0.2) is 45.8 Å². The van der Waals surface area contributed by atoms with E-state index >= 15 is 0 Å². The van der Waals surface area contributed by atoms with Crippen LogP contribution in [0, 0.1) is 17.0 Å². The van der Waals surface area contributed by atoms with Crippen molar-refractivity contribution in [3.63, 3.8) is 0 Å². The van der Waals surface area contributed by atoms with Crippen LogP contribution in [0.1, 0.15) is 5.56 Å². The van der Waals surface area contributed by atoms with E-state index < -0.39 is 0 Å². The summed E-state index contributed by atoms with van der Waals surface area (Å²) < 4.78 is 1.52. The molecule has 2 aromatic heterocycles. The van der Waals surface area contributed by atoms with E-state index in [1.54, 1.807) is 11.6 Å². The summed E-state index contributed by atoms with van der Waals surface area (Å²) in [6, 6.07) is 7.84. The lowest BCUT2D eigenvalue weighted by Gasteiger charge is -1.99. The molecule has 0 spiro atoms. The molecule has 3 rings (SSSR count). The molecule has 0 amide bonds. The third-order valence-electron chi connectivity index (χ3n) is 2.61. The first-order valence-corrected chi connectivity index (χ1v) is 7.19. The summed E-state index contributed by atoms with van der Waals surface area (Å²) in [5.74, 6) is 0.0295. The standard InChI is InChI=1S/C12H9N3O2S2/c1-8-2-4-9(5-3-8)19-10-11(15(16)17)14-6-7-18-12(14)13-10/h2-7H,1H3. The van der Waals surface area contributed by atoms with Crippen LogP contribution in [0.5, 0.6) is 0 Å². The molecule has 0 aliphatic rings. The van der Waals surface area contributed by atoms with Gasteiger partial charge < -0.3 is 10.1 Å². The van der Waals surface area contributed by atoms with Crippen LogP contribution in [-0.2, 0) is 0 Å². The first-order chi connectivity index (χ1) is 9.15. The molecule has 0 radical (unpaired) electrons. The van der Waals surface area contributed by atoms with Gasteiger partial charge >= 0.3 is 5.82 Å². The van der Waals surface area contributed by atoms with Crippen LogP contribution in [0.4, 0.5) is 5.82 Å². The number of hydrogen-bond acceptors (Lipinski definition) is 5. The maximum absolute atomic E-state index is 11.2. The number of nitrogens with zero attached hydrogens (tertiary/aromatic N) is 3. The van der Waals surface area contributed by atoms with Crippen molar-refractivity contribution in [2.75, 3.05) is 0 Å². The van der Waals surface area contributed by atoms with Gasteiger partial charge in [0, 0.05) is 10.3 Å². The molecule has 2 heterocycles. The topological polar surface area (TPSA) is 60.4 Å². The molecule has 7 heteroatoms. The smallest absolute Gasteiger partial charge is 0.358 e. The first kappa shape index (κ1) is 12.2. The molecule has 0 unspecified atom stereocenters. The summed E-state index contributed by atoms with van der Waals surface area (Å²) in [7, 11) is 0. The Morgan fingerprint density at radius 3 is 2.79 bits per heavy atom. The van der Waals surface area contributed by atoms with Gasteiger partial charge in [-0.1, -0.05) is 40.8 Å². The van der Waals surface area contributed by atoms with Gasteiger partial charge in [-0.2, -0.15) is 9.38 Å². The average molecular weight is 291 g/mol. The van der Waals surface area contributed by atoms with Gasteiger partial charge in [0.2, 0.25) is 5.03 Å². The SMILES string of the molecule is Cc1ccc(Sc2nc3sccn3c2[N+](=O)[O-])cc1. The number of imidazole rings is 1. The largest absolute Gasteiger partial charge is 0.363 e. The minimum absolute atomic E-state index is 0.0295. The van der Waals surface area contributed by atoms with E-state index in [-0.39, 0.29) is 10.7 Å². The van der Waals surface area contributed by atoms with Crippen molar-refractivity contribution in [2.45, 2.75) is 16.8 Å². The molecule has 1 aromatic carbocycles. The van der Waals surface area contributed by atoms with Crippen molar-refractivity contribution < 1.29 is 4.92 Å². The lowest BCUT2D eigenvalue weighted by Crippen LogP contribution is -1.93. The average Bonchev–Trinajstić information content (AvgIpc) is 2.91. The number of hydrogen-bond donors (Lipinski definition) is 0. The fourth-order valence-electron chi connectivity index (χ4n) is 1.71. The highest BCUT2D eigenvalue weighted by Crippen LogP contribution is 2.35. The summed E-state index contributed by atoms with van der Waals surface area (Å²) in [6.07, 6.45) is 1.67. The molecular weight excluding hydrogens is 282 g/mol. The Balaban J connectivity index is 2.04. The summed E-state index contributed by atoms with van der Waals surface area (Å²) in [5.41, 5.74) is 1.16. The second-order valence-corrected chi connectivity index (χ2v) is 5.90. The number of aryl methyl sites for hydroxylation is 1. The molecule has 3 aromatic rings. The van der Waals surface area contributed by atoms with E-state index in [4.69, 9.17) is 0 Å². The second kappa shape index (κ2) is 4.67. The minimum atomic E-state index is -0.386. The van der Waals surface area contributed by atoms with Crippen molar-refractivity contribution in [3.8, 4) is 0 Å². The van der Waals surface area contributed by atoms with Gasteiger partial charge in [0.1, 0.15) is 6.20 Å². The third kappa shape index (κ3) is 2.22. The number of rotatable bonds is 3. The van der Waals surface area contributed by atoms with Gasteiger partial charge in [-0.05, 0) is 24.0 Å². The number of fused-ring (bicyclic) bond motifs is 1. The van der Waals surface area contributed by atoms with Crippen molar-refractivity contribution in [1.29, 1.82) is 0 Å². The Hall–Kier alpha value is -1.86. The molecule has 0 fully saturated rings. The van der Waals surface area contributed by atoms with E-state index in [2.05, 4.69) is 4.98 Å². The quantitative estimate of drug-likeness (QED) is 0.544. The zero-order valence-electron chi connectivity index (χ0n) is 9.94. The van der Waals surface area contributed by atoms with Crippen molar-refractivity contribution in [3.05, 3.63) is 51.5 Å². The molecule has 0 bridgehead atoms. The Kier molecular flexibility index (Phi) is 3.00. The van der Waals surface area contributed by atoms with Crippen LogP contribution >= 0.6 is 23.1 Å². The first-order valence-electron chi connectivity index (χ1n) is 5.49. The normalized spacial score (nSPS) is 11.0. The molecule has 19 heavy (non-hydrogen) atoms. The van der Waals surface area contributed by atoms with Gasteiger partial charge in [-0.25, -0.2) is 0 Å². The highest BCUT2D eigenvalue weighted by Gasteiger charge is 2.24. The Labute approximate surface area is 117 Å². The van der Waals surface area contributed by atoms with Gasteiger partial charge in [0.15, 0.2) is 0 Å². The molecular formula is C12H9N3O2S2. The predicted octanol–water partition coefficient (Wildman–Crippen LogP) is 3.76. The number of nitro groups is 1. The lowest BCUT2D eigenvalue weighted by molar-refractivity contribution is -0.393. The monoisotopic (exact) mass is 291 g/mol. The fraction of sp³-hybridized carbons (Fsp3) is 0.0833. The lowest BCUT2D eigenvalue weighted by atomic mass is 10.2. The third-order valence-corrected chi connectivity index (χ3v) is 4.35. The van der Waals surface area contributed by atoms with E-state index in [1.807, 2.05) is 31.2 Å². The summed E-state index contributed by atoms with van der Waals surface area (Å²) in [6.45, 7) is 2.00. The Morgan fingerprint density at radius 1 is 1.37 bits per heavy atom. The van der Waals surface area contributed by atoms with E-state index in [0.717, 1.165) is 10.5 Å². The minimum Gasteiger partial charge on any atom is -0.358 e. The summed E-state index contributed by atoms with van der Waals surface area (Å²) >= 11 is 2.70. The van der Waals surface area contributed by atoms with Crippen molar-refractivity contribution in [1.82, 2.24) is 9.38 Å². The highest BCUT2D eigenvalue weighted by molar-refractivity contribution is 7.99. The number of benzene rings is 1.